The zero-order valence-corrected chi connectivity index (χ0v) is 14.2. The van der Waals surface area contributed by atoms with E-state index < -0.39 is 0 Å². The molecule has 0 aliphatic rings. The number of para-hydroxylation sites is 1. The summed E-state index contributed by atoms with van der Waals surface area (Å²) in [4.78, 5) is 12.6. The maximum Gasteiger partial charge on any atom is 0.291 e. The van der Waals surface area contributed by atoms with E-state index in [4.69, 9.17) is 25.5 Å². The molecule has 124 valence electrons. The average Bonchev–Trinajstić information content (AvgIpc) is 2.93. The molecule has 5 nitrogen and oxygen atoms in total. The van der Waals surface area contributed by atoms with Crippen LogP contribution in [0.3, 0.4) is 0 Å². The van der Waals surface area contributed by atoms with Crippen molar-refractivity contribution in [3.8, 4) is 11.5 Å². The molecule has 0 fully saturated rings. The van der Waals surface area contributed by atoms with Crippen LogP contribution < -0.4 is 14.8 Å². The second-order valence-electron chi connectivity index (χ2n) is 5.19. The summed E-state index contributed by atoms with van der Waals surface area (Å²) in [6.07, 6.45) is 0. The summed E-state index contributed by atoms with van der Waals surface area (Å²) in [7, 11) is 3.00. The van der Waals surface area contributed by atoms with Crippen molar-refractivity contribution in [3.05, 3.63) is 52.7 Å². The van der Waals surface area contributed by atoms with Gasteiger partial charge in [0.05, 0.1) is 24.9 Å². The molecule has 0 bridgehead atoms. The van der Waals surface area contributed by atoms with Crippen LogP contribution in [0.2, 0.25) is 5.02 Å². The molecule has 3 aromatic rings. The number of fused-ring (bicyclic) bond motifs is 1. The van der Waals surface area contributed by atoms with Gasteiger partial charge in [0, 0.05) is 23.1 Å². The molecule has 1 heterocycles. The fraction of sp³-hybridized carbons (Fsp3) is 0.167. The lowest BCUT2D eigenvalue weighted by Gasteiger charge is -2.12. The smallest absolute Gasteiger partial charge is 0.291 e. The Morgan fingerprint density at radius 1 is 1.12 bits per heavy atom. The van der Waals surface area contributed by atoms with Gasteiger partial charge in [0.1, 0.15) is 17.1 Å². The maximum absolute atomic E-state index is 12.6. The molecule has 1 amide bonds. The zero-order valence-electron chi connectivity index (χ0n) is 13.5. The van der Waals surface area contributed by atoms with Crippen LogP contribution in [0.25, 0.3) is 11.0 Å². The first-order chi connectivity index (χ1) is 11.5. The molecule has 6 heteroatoms. The molecule has 0 radical (unpaired) electrons. The highest BCUT2D eigenvalue weighted by Crippen LogP contribution is 2.36. The molecular formula is C18H16ClNO4. The van der Waals surface area contributed by atoms with E-state index in [0.717, 1.165) is 10.9 Å². The van der Waals surface area contributed by atoms with E-state index in [1.54, 1.807) is 12.1 Å². The lowest BCUT2D eigenvalue weighted by Crippen LogP contribution is -2.13. The third kappa shape index (κ3) is 2.78. The summed E-state index contributed by atoms with van der Waals surface area (Å²) in [5.41, 5.74) is 1.90. The Hall–Kier alpha value is -2.66. The van der Waals surface area contributed by atoms with E-state index in [1.165, 1.54) is 14.2 Å². The first-order valence-electron chi connectivity index (χ1n) is 7.26. The molecule has 0 aliphatic heterocycles. The van der Waals surface area contributed by atoms with E-state index in [-0.39, 0.29) is 11.7 Å². The number of hydrogen-bond acceptors (Lipinski definition) is 4. The molecule has 3 rings (SSSR count). The molecule has 0 atom stereocenters. The number of furan rings is 1. The van der Waals surface area contributed by atoms with Gasteiger partial charge in [-0.1, -0.05) is 29.8 Å². The van der Waals surface area contributed by atoms with E-state index in [9.17, 15) is 4.79 Å². The minimum atomic E-state index is -0.369. The number of rotatable bonds is 4. The lowest BCUT2D eigenvalue weighted by molar-refractivity contribution is 0.0997. The Balaban J connectivity index is 1.98. The monoisotopic (exact) mass is 345 g/mol. The number of ether oxygens (including phenoxy) is 2. The largest absolute Gasteiger partial charge is 0.495 e. The van der Waals surface area contributed by atoms with Crippen molar-refractivity contribution < 1.29 is 18.7 Å². The van der Waals surface area contributed by atoms with Gasteiger partial charge in [-0.05, 0) is 13.0 Å². The van der Waals surface area contributed by atoms with Crippen LogP contribution >= 0.6 is 11.6 Å². The Kier molecular flexibility index (Phi) is 4.36. The Labute approximate surface area is 144 Å². The summed E-state index contributed by atoms with van der Waals surface area (Å²) in [5.74, 6) is 0.760. The van der Waals surface area contributed by atoms with Crippen LogP contribution in [-0.2, 0) is 0 Å². The fourth-order valence-electron chi connectivity index (χ4n) is 2.53. The van der Waals surface area contributed by atoms with Crippen LogP contribution in [-0.4, -0.2) is 20.1 Å². The van der Waals surface area contributed by atoms with Gasteiger partial charge in [0.2, 0.25) is 0 Å². The highest BCUT2D eigenvalue weighted by Gasteiger charge is 2.20. The Morgan fingerprint density at radius 2 is 1.83 bits per heavy atom. The van der Waals surface area contributed by atoms with Crippen LogP contribution in [0, 0.1) is 6.92 Å². The molecule has 0 spiro atoms. The van der Waals surface area contributed by atoms with Crippen LogP contribution in [0.1, 0.15) is 16.1 Å². The van der Waals surface area contributed by atoms with Crippen molar-refractivity contribution in [2.45, 2.75) is 6.92 Å². The van der Waals surface area contributed by atoms with Crippen molar-refractivity contribution in [1.29, 1.82) is 0 Å². The van der Waals surface area contributed by atoms with Gasteiger partial charge < -0.3 is 19.2 Å². The molecule has 24 heavy (non-hydrogen) atoms. The van der Waals surface area contributed by atoms with Gasteiger partial charge >= 0.3 is 0 Å². The summed E-state index contributed by atoms with van der Waals surface area (Å²) in [5, 5.41) is 4.09. The average molecular weight is 346 g/mol. The van der Waals surface area contributed by atoms with E-state index in [1.807, 2.05) is 31.2 Å². The van der Waals surface area contributed by atoms with Gasteiger partial charge in [0.25, 0.3) is 5.91 Å². The Bertz CT molecular complexity index is 917. The standard InChI is InChI=1S/C18H16ClNO4/c1-10-11-6-4-5-7-14(11)24-17(10)18(21)20-13-9-15(22-2)12(19)8-16(13)23-3/h4-9H,1-3H3,(H,20,21). The Morgan fingerprint density at radius 3 is 2.50 bits per heavy atom. The van der Waals surface area contributed by atoms with Crippen molar-refractivity contribution in [2.75, 3.05) is 19.5 Å². The molecule has 1 aromatic heterocycles. The molecule has 0 aliphatic carbocycles. The number of carbonyl (C=O) groups excluding carboxylic acids is 1. The summed E-state index contributed by atoms with van der Waals surface area (Å²) in [6, 6.07) is 10.7. The van der Waals surface area contributed by atoms with Crippen molar-refractivity contribution in [2.24, 2.45) is 0 Å². The quantitative estimate of drug-likeness (QED) is 0.746. The molecule has 0 saturated carbocycles. The number of nitrogens with one attached hydrogen (secondary N) is 1. The number of halogens is 1. The number of carbonyl (C=O) groups is 1. The van der Waals surface area contributed by atoms with Crippen molar-refractivity contribution >= 4 is 34.2 Å². The first kappa shape index (κ1) is 16.2. The van der Waals surface area contributed by atoms with Crippen LogP contribution in [0.5, 0.6) is 11.5 Å². The predicted octanol–water partition coefficient (Wildman–Crippen LogP) is 4.66. The second-order valence-corrected chi connectivity index (χ2v) is 5.60. The number of methoxy groups -OCH3 is 2. The minimum Gasteiger partial charge on any atom is -0.495 e. The molecule has 2 aromatic carbocycles. The second kappa shape index (κ2) is 6.45. The molecule has 0 unspecified atom stereocenters. The third-order valence-corrected chi connectivity index (χ3v) is 4.07. The molecular weight excluding hydrogens is 330 g/mol. The SMILES string of the molecule is COc1cc(NC(=O)c2oc3ccccc3c2C)c(OC)cc1Cl. The summed E-state index contributed by atoms with van der Waals surface area (Å²) >= 11 is 6.08. The summed E-state index contributed by atoms with van der Waals surface area (Å²) < 4.78 is 16.1. The van der Waals surface area contributed by atoms with Crippen molar-refractivity contribution in [3.63, 3.8) is 0 Å². The highest BCUT2D eigenvalue weighted by atomic mass is 35.5. The third-order valence-electron chi connectivity index (χ3n) is 3.77. The summed E-state index contributed by atoms with van der Waals surface area (Å²) in [6.45, 7) is 1.85. The lowest BCUT2D eigenvalue weighted by atomic mass is 10.1. The zero-order chi connectivity index (χ0) is 17.3. The van der Waals surface area contributed by atoms with Gasteiger partial charge in [0.15, 0.2) is 5.76 Å². The van der Waals surface area contributed by atoms with Gasteiger partial charge in [-0.2, -0.15) is 0 Å². The van der Waals surface area contributed by atoms with Crippen molar-refractivity contribution in [1.82, 2.24) is 0 Å². The van der Waals surface area contributed by atoms with Crippen LogP contribution in [0.15, 0.2) is 40.8 Å². The normalized spacial score (nSPS) is 10.7. The molecule has 0 saturated heterocycles. The predicted molar refractivity (Wildman–Crippen MR) is 93.5 cm³/mol. The van der Waals surface area contributed by atoms with E-state index >= 15 is 0 Å². The number of amides is 1. The number of benzene rings is 2. The van der Waals surface area contributed by atoms with E-state index in [2.05, 4.69) is 5.32 Å². The topological polar surface area (TPSA) is 60.7 Å². The van der Waals surface area contributed by atoms with Gasteiger partial charge in [-0.3, -0.25) is 4.79 Å². The highest BCUT2D eigenvalue weighted by molar-refractivity contribution is 6.32. The maximum atomic E-state index is 12.6. The fourth-order valence-corrected chi connectivity index (χ4v) is 2.76. The van der Waals surface area contributed by atoms with Gasteiger partial charge in [-0.25, -0.2) is 0 Å². The number of aryl methyl sites for hydroxylation is 1. The van der Waals surface area contributed by atoms with Crippen LogP contribution in [0.4, 0.5) is 5.69 Å². The minimum absolute atomic E-state index is 0.257. The van der Waals surface area contributed by atoms with E-state index in [0.29, 0.717) is 27.8 Å². The van der Waals surface area contributed by atoms with Gasteiger partial charge in [-0.15, -0.1) is 0 Å². The number of anilines is 1. The number of hydrogen-bond donors (Lipinski definition) is 1. The molecule has 1 N–H and O–H groups in total. The first-order valence-corrected chi connectivity index (χ1v) is 7.64.